The van der Waals surface area contributed by atoms with Crippen molar-refractivity contribution in [3.63, 3.8) is 0 Å². The van der Waals surface area contributed by atoms with Crippen LogP contribution < -0.4 is 10.1 Å². The highest BCUT2D eigenvalue weighted by Gasteiger charge is 2.29. The molecule has 1 N–H and O–H groups in total. The number of aromatic nitrogens is 2. The maximum absolute atomic E-state index is 12.2. The number of benzene rings is 2. The first-order valence-corrected chi connectivity index (χ1v) is 11.6. The zero-order valence-electron chi connectivity index (χ0n) is 16.9. The monoisotopic (exact) mass is 425 g/mol. The summed E-state index contributed by atoms with van der Waals surface area (Å²) in [5.41, 5.74) is 4.00. The van der Waals surface area contributed by atoms with E-state index in [2.05, 4.69) is 33.7 Å². The van der Waals surface area contributed by atoms with E-state index >= 15 is 0 Å². The van der Waals surface area contributed by atoms with Gasteiger partial charge < -0.3 is 10.1 Å². The second-order valence-electron chi connectivity index (χ2n) is 7.67. The molecule has 30 heavy (non-hydrogen) atoms. The molecule has 0 aliphatic carbocycles. The molecule has 4 rings (SSSR count). The Labute approximate surface area is 175 Å². The maximum atomic E-state index is 12.2. The number of hydrogen-bond acceptors (Lipinski definition) is 6. The van der Waals surface area contributed by atoms with Gasteiger partial charge in [-0.15, -0.1) is 10.2 Å². The topological polar surface area (TPSA) is 98.2 Å². The van der Waals surface area contributed by atoms with Crippen LogP contribution in [-0.2, 0) is 14.6 Å². The van der Waals surface area contributed by atoms with Gasteiger partial charge in [0.05, 0.1) is 11.5 Å². The molecule has 1 amide bonds. The predicted octanol–water partition coefficient (Wildman–Crippen LogP) is 2.60. The van der Waals surface area contributed by atoms with E-state index in [0.717, 1.165) is 33.2 Å². The van der Waals surface area contributed by atoms with E-state index in [4.69, 9.17) is 4.74 Å². The Balaban J connectivity index is 1.56. The molecule has 0 saturated carbocycles. The van der Waals surface area contributed by atoms with Gasteiger partial charge >= 0.3 is 0 Å². The molecule has 0 radical (unpaired) electrons. The van der Waals surface area contributed by atoms with Gasteiger partial charge in [-0.25, -0.2) is 8.42 Å². The third-order valence-corrected chi connectivity index (χ3v) is 7.01. The molecule has 0 spiro atoms. The van der Waals surface area contributed by atoms with E-state index in [1.54, 1.807) is 0 Å². The minimum Gasteiger partial charge on any atom is -0.466 e. The van der Waals surface area contributed by atoms with Gasteiger partial charge in [0, 0.05) is 22.4 Å². The molecule has 1 aliphatic rings. The van der Waals surface area contributed by atoms with Gasteiger partial charge in [0.2, 0.25) is 5.88 Å². The Morgan fingerprint density at radius 2 is 1.90 bits per heavy atom. The standard InChI is InChI=1S/C22H23N3O4S/c1-14-7-8-15(2)19(11-14)21-17-5-3-4-6-18(17)22(25-24-21)29-12-20(26)23-16-9-10-30(27,28)13-16/h3-8,11,16H,9-10,12-13H2,1-2H3,(H,23,26)/t16-/m0/s1. The number of aryl methyl sites for hydroxylation is 2. The van der Waals surface area contributed by atoms with Crippen molar-refractivity contribution in [3.8, 4) is 17.1 Å². The van der Waals surface area contributed by atoms with Gasteiger partial charge in [-0.1, -0.05) is 35.9 Å². The summed E-state index contributed by atoms with van der Waals surface area (Å²) in [6.07, 6.45) is 0.432. The Kier molecular flexibility index (Phi) is 5.42. The highest BCUT2D eigenvalue weighted by atomic mass is 32.2. The van der Waals surface area contributed by atoms with Gasteiger partial charge in [0.25, 0.3) is 5.91 Å². The number of ether oxygens (including phenoxy) is 1. The van der Waals surface area contributed by atoms with Crippen LogP contribution in [-0.4, -0.2) is 48.7 Å². The van der Waals surface area contributed by atoms with E-state index in [1.807, 2.05) is 38.1 Å². The summed E-state index contributed by atoms with van der Waals surface area (Å²) in [6, 6.07) is 13.5. The molecule has 1 atom stereocenters. The van der Waals surface area contributed by atoms with E-state index in [0.29, 0.717) is 6.42 Å². The van der Waals surface area contributed by atoms with Crippen molar-refractivity contribution in [1.29, 1.82) is 0 Å². The number of amides is 1. The zero-order chi connectivity index (χ0) is 21.3. The summed E-state index contributed by atoms with van der Waals surface area (Å²) in [6.45, 7) is 3.81. The van der Waals surface area contributed by atoms with Crippen LogP contribution in [0.3, 0.4) is 0 Å². The summed E-state index contributed by atoms with van der Waals surface area (Å²) < 4.78 is 28.7. The molecular formula is C22H23N3O4S. The third kappa shape index (κ3) is 4.28. The molecule has 8 heteroatoms. The normalized spacial score (nSPS) is 17.7. The van der Waals surface area contributed by atoms with Crippen LogP contribution in [0.5, 0.6) is 5.88 Å². The lowest BCUT2D eigenvalue weighted by molar-refractivity contribution is -0.123. The van der Waals surface area contributed by atoms with Crippen LogP contribution >= 0.6 is 0 Å². The van der Waals surface area contributed by atoms with E-state index in [-0.39, 0.29) is 35.9 Å². The highest BCUT2D eigenvalue weighted by Crippen LogP contribution is 2.32. The fraction of sp³-hybridized carbons (Fsp3) is 0.318. The smallest absolute Gasteiger partial charge is 0.258 e. The first-order chi connectivity index (χ1) is 14.3. The van der Waals surface area contributed by atoms with Crippen molar-refractivity contribution in [1.82, 2.24) is 15.5 Å². The largest absolute Gasteiger partial charge is 0.466 e. The minimum absolute atomic E-state index is 0.0218. The van der Waals surface area contributed by atoms with Crippen LogP contribution in [0.2, 0.25) is 0 Å². The summed E-state index contributed by atoms with van der Waals surface area (Å²) in [5.74, 6) is -0.0173. The Morgan fingerprint density at radius 1 is 1.13 bits per heavy atom. The van der Waals surface area contributed by atoms with Crippen molar-refractivity contribution in [2.75, 3.05) is 18.1 Å². The van der Waals surface area contributed by atoms with Crippen molar-refractivity contribution >= 4 is 26.5 Å². The number of carbonyl (C=O) groups excluding carboxylic acids is 1. The molecule has 1 fully saturated rings. The van der Waals surface area contributed by atoms with Crippen molar-refractivity contribution in [2.45, 2.75) is 26.3 Å². The van der Waals surface area contributed by atoms with Crippen LogP contribution in [0, 0.1) is 13.8 Å². The Hall–Kier alpha value is -3.00. The molecule has 0 bridgehead atoms. The average molecular weight is 426 g/mol. The molecule has 1 aromatic heterocycles. The molecule has 7 nitrogen and oxygen atoms in total. The highest BCUT2D eigenvalue weighted by molar-refractivity contribution is 7.91. The van der Waals surface area contributed by atoms with Crippen molar-refractivity contribution in [2.24, 2.45) is 0 Å². The van der Waals surface area contributed by atoms with Crippen molar-refractivity contribution < 1.29 is 17.9 Å². The number of hydrogen-bond donors (Lipinski definition) is 1. The first kappa shape index (κ1) is 20.3. The molecule has 156 valence electrons. The van der Waals surface area contributed by atoms with Crippen LogP contribution in [0.25, 0.3) is 22.0 Å². The second-order valence-corrected chi connectivity index (χ2v) is 9.90. The minimum atomic E-state index is -3.05. The van der Waals surface area contributed by atoms with E-state index in [1.165, 1.54) is 0 Å². The fourth-order valence-corrected chi connectivity index (χ4v) is 5.36. The Morgan fingerprint density at radius 3 is 2.63 bits per heavy atom. The van der Waals surface area contributed by atoms with E-state index < -0.39 is 9.84 Å². The van der Waals surface area contributed by atoms with Crippen LogP contribution in [0.15, 0.2) is 42.5 Å². The predicted molar refractivity (Wildman–Crippen MR) is 115 cm³/mol. The lowest BCUT2D eigenvalue weighted by atomic mass is 9.99. The molecule has 2 aromatic carbocycles. The number of rotatable bonds is 5. The van der Waals surface area contributed by atoms with Gasteiger partial charge in [0.1, 0.15) is 5.69 Å². The average Bonchev–Trinajstić information content (AvgIpc) is 3.06. The maximum Gasteiger partial charge on any atom is 0.258 e. The number of nitrogens with zero attached hydrogens (tertiary/aromatic N) is 2. The lowest BCUT2D eigenvalue weighted by Gasteiger charge is -2.14. The van der Waals surface area contributed by atoms with Crippen LogP contribution in [0.4, 0.5) is 0 Å². The SMILES string of the molecule is Cc1ccc(C)c(-c2nnc(OCC(=O)N[C@H]3CCS(=O)(=O)C3)c3ccccc23)c1. The molecule has 2 heterocycles. The lowest BCUT2D eigenvalue weighted by Crippen LogP contribution is -2.38. The van der Waals surface area contributed by atoms with Crippen LogP contribution in [0.1, 0.15) is 17.5 Å². The van der Waals surface area contributed by atoms with Crippen molar-refractivity contribution in [3.05, 3.63) is 53.6 Å². The summed E-state index contributed by atoms with van der Waals surface area (Å²) >= 11 is 0. The van der Waals surface area contributed by atoms with E-state index in [9.17, 15) is 13.2 Å². The number of sulfone groups is 1. The first-order valence-electron chi connectivity index (χ1n) is 9.78. The van der Waals surface area contributed by atoms with Gasteiger partial charge in [-0.2, -0.15) is 0 Å². The number of fused-ring (bicyclic) bond motifs is 1. The zero-order valence-corrected chi connectivity index (χ0v) is 17.7. The van der Waals surface area contributed by atoms with Gasteiger partial charge in [-0.3, -0.25) is 4.79 Å². The quantitative estimate of drug-likeness (QED) is 0.675. The molecule has 3 aromatic rings. The van der Waals surface area contributed by atoms with Gasteiger partial charge in [-0.05, 0) is 38.0 Å². The number of carbonyl (C=O) groups is 1. The third-order valence-electron chi connectivity index (χ3n) is 5.24. The molecule has 0 unspecified atom stereocenters. The second kappa shape index (κ2) is 8.02. The molecule has 1 saturated heterocycles. The number of nitrogens with one attached hydrogen (secondary N) is 1. The molecular weight excluding hydrogens is 402 g/mol. The summed E-state index contributed by atoms with van der Waals surface area (Å²) in [5, 5.41) is 13.0. The Bertz CT molecular complexity index is 1220. The fourth-order valence-electron chi connectivity index (χ4n) is 3.69. The summed E-state index contributed by atoms with van der Waals surface area (Å²) in [4.78, 5) is 12.2. The molecule has 1 aliphatic heterocycles. The summed E-state index contributed by atoms with van der Waals surface area (Å²) in [7, 11) is -3.05. The van der Waals surface area contributed by atoms with Gasteiger partial charge in [0.15, 0.2) is 16.4 Å².